The van der Waals surface area contributed by atoms with E-state index in [1.807, 2.05) is 6.92 Å². The monoisotopic (exact) mass is 492 g/mol. The number of hydrogen-bond acceptors (Lipinski definition) is 9. The molecule has 0 bridgehead atoms. The molecule has 0 saturated carbocycles. The number of hydrogen-bond donors (Lipinski definition) is 2. The van der Waals surface area contributed by atoms with Gasteiger partial charge in [0.05, 0.1) is 16.6 Å². The minimum Gasteiger partial charge on any atom is -0.458 e. The van der Waals surface area contributed by atoms with Gasteiger partial charge in [-0.2, -0.15) is 0 Å². The molecule has 0 aromatic heterocycles. The molecule has 1 aliphatic rings. The highest BCUT2D eigenvalue weighted by molar-refractivity contribution is 7.89. The van der Waals surface area contributed by atoms with Gasteiger partial charge in [-0.1, -0.05) is 35.9 Å². The summed E-state index contributed by atoms with van der Waals surface area (Å²) in [4.78, 5) is 26.9. The molecule has 0 spiro atoms. The lowest BCUT2D eigenvalue weighted by atomic mass is 9.97. The average molecular weight is 493 g/mol. The Bertz CT molecular complexity index is 1090. The third kappa shape index (κ3) is 6.19. The summed E-state index contributed by atoms with van der Waals surface area (Å²) >= 11 is 0. The van der Waals surface area contributed by atoms with Crippen LogP contribution in [0.5, 0.6) is 0 Å². The molecule has 1 heterocycles. The number of methoxy groups -OCH3 is 1. The van der Waals surface area contributed by atoms with Gasteiger partial charge in [-0.05, 0) is 38.1 Å². The molecule has 1 saturated heterocycles. The van der Waals surface area contributed by atoms with Gasteiger partial charge in [0.25, 0.3) is 10.0 Å². The summed E-state index contributed by atoms with van der Waals surface area (Å²) in [6, 6.07) is 13.5. The zero-order valence-corrected chi connectivity index (χ0v) is 20.1. The maximum atomic E-state index is 12.8. The lowest BCUT2D eigenvalue weighted by Gasteiger charge is -2.44. The molecule has 2 aromatic carbocycles. The number of sulfonamides is 1. The Balaban J connectivity index is 1.90. The Kier molecular flexibility index (Phi) is 8.39. The lowest BCUT2D eigenvalue weighted by molar-refractivity contribution is -0.265. The Hall–Kier alpha value is -2.83. The zero-order valence-electron chi connectivity index (χ0n) is 19.3. The molecule has 0 radical (unpaired) electrons. The first-order chi connectivity index (χ1) is 16.1. The van der Waals surface area contributed by atoms with Gasteiger partial charge < -0.3 is 18.9 Å². The van der Waals surface area contributed by atoms with E-state index in [0.29, 0.717) is 0 Å². The van der Waals surface area contributed by atoms with Crippen molar-refractivity contribution in [1.82, 2.24) is 10.3 Å². The van der Waals surface area contributed by atoms with Crippen LogP contribution in [0.3, 0.4) is 0 Å². The van der Waals surface area contributed by atoms with Gasteiger partial charge in [-0.25, -0.2) is 18.6 Å². The SMILES string of the molecule is CO[C@@H]1O[C@@H](C)[C@H](OC(C)=O)[C@H](NNS(=O)(=O)c2ccc(C)cc2)[C@H]1OC(=O)c1ccccc1. The molecule has 0 amide bonds. The molecular formula is C23H28N2O8S. The molecule has 3 rings (SSSR count). The van der Waals surface area contributed by atoms with E-state index in [9.17, 15) is 18.0 Å². The lowest BCUT2D eigenvalue weighted by Crippen LogP contribution is -2.67. The van der Waals surface area contributed by atoms with Crippen molar-refractivity contribution in [3.05, 3.63) is 65.7 Å². The quantitative estimate of drug-likeness (QED) is 0.418. The van der Waals surface area contributed by atoms with Crippen LogP contribution in [0.25, 0.3) is 0 Å². The molecular weight excluding hydrogens is 464 g/mol. The van der Waals surface area contributed by atoms with Crippen molar-refractivity contribution >= 4 is 22.0 Å². The van der Waals surface area contributed by atoms with Crippen molar-refractivity contribution in [1.29, 1.82) is 0 Å². The molecule has 1 fully saturated rings. The van der Waals surface area contributed by atoms with Crippen molar-refractivity contribution in [3.8, 4) is 0 Å². The fourth-order valence-electron chi connectivity index (χ4n) is 3.55. The Morgan fingerprint density at radius 2 is 1.62 bits per heavy atom. The van der Waals surface area contributed by atoms with Crippen LogP contribution in [0.2, 0.25) is 0 Å². The number of ether oxygens (including phenoxy) is 4. The van der Waals surface area contributed by atoms with Crippen LogP contribution in [0.15, 0.2) is 59.5 Å². The molecule has 10 nitrogen and oxygen atoms in total. The first-order valence-corrected chi connectivity index (χ1v) is 12.1. The fraction of sp³-hybridized carbons (Fsp3) is 0.391. The summed E-state index contributed by atoms with van der Waals surface area (Å²) in [6.07, 6.45) is -3.94. The van der Waals surface area contributed by atoms with E-state index in [-0.39, 0.29) is 10.5 Å². The van der Waals surface area contributed by atoms with Crippen molar-refractivity contribution < 1.29 is 37.0 Å². The van der Waals surface area contributed by atoms with E-state index >= 15 is 0 Å². The van der Waals surface area contributed by atoms with Crippen LogP contribution < -0.4 is 10.3 Å². The summed E-state index contributed by atoms with van der Waals surface area (Å²) < 4.78 is 47.9. The maximum Gasteiger partial charge on any atom is 0.338 e. The number of benzene rings is 2. The molecule has 34 heavy (non-hydrogen) atoms. The predicted molar refractivity (Wildman–Crippen MR) is 121 cm³/mol. The van der Waals surface area contributed by atoms with E-state index in [1.54, 1.807) is 49.4 Å². The fourth-order valence-corrected chi connectivity index (χ4v) is 4.45. The zero-order chi connectivity index (χ0) is 24.9. The van der Waals surface area contributed by atoms with E-state index < -0.39 is 52.6 Å². The van der Waals surface area contributed by atoms with Gasteiger partial charge in [-0.15, -0.1) is 4.83 Å². The van der Waals surface area contributed by atoms with Crippen LogP contribution >= 0.6 is 0 Å². The number of rotatable bonds is 8. The van der Waals surface area contributed by atoms with Crippen LogP contribution in [-0.4, -0.2) is 58.1 Å². The number of hydrazine groups is 1. The summed E-state index contributed by atoms with van der Waals surface area (Å²) in [7, 11) is -2.64. The van der Waals surface area contributed by atoms with Crippen LogP contribution in [-0.2, 0) is 33.8 Å². The van der Waals surface area contributed by atoms with Gasteiger partial charge in [0, 0.05) is 14.0 Å². The molecule has 2 aromatic rings. The van der Waals surface area contributed by atoms with E-state index in [2.05, 4.69) is 10.3 Å². The number of esters is 2. The van der Waals surface area contributed by atoms with Gasteiger partial charge >= 0.3 is 11.9 Å². The highest BCUT2D eigenvalue weighted by Gasteiger charge is 2.49. The molecule has 1 aliphatic heterocycles. The summed E-state index contributed by atoms with van der Waals surface area (Å²) in [5, 5.41) is 0. The van der Waals surface area contributed by atoms with Gasteiger partial charge in [0.2, 0.25) is 0 Å². The highest BCUT2D eigenvalue weighted by atomic mass is 32.2. The molecule has 2 N–H and O–H groups in total. The van der Waals surface area contributed by atoms with Crippen molar-refractivity contribution in [2.24, 2.45) is 0 Å². The number of carbonyl (C=O) groups excluding carboxylic acids is 2. The smallest absolute Gasteiger partial charge is 0.338 e. The first kappa shape index (κ1) is 25.8. The average Bonchev–Trinajstić information content (AvgIpc) is 2.81. The standard InChI is InChI=1S/C23H28N2O8S/c1-14-10-12-18(13-11-14)34(28,29)25-24-19-20(32-16(3)26)15(2)31-23(30-4)21(19)33-22(27)17-8-6-5-7-9-17/h5-13,15,19-21,23-25H,1-4H3/t15-,19-,20-,21+,23+/m0/s1. The van der Waals surface area contributed by atoms with Crippen molar-refractivity contribution in [2.45, 2.75) is 56.3 Å². The van der Waals surface area contributed by atoms with Crippen molar-refractivity contribution in [2.75, 3.05) is 7.11 Å². The Labute approximate surface area is 198 Å². The third-order valence-corrected chi connectivity index (χ3v) is 6.55. The largest absolute Gasteiger partial charge is 0.458 e. The summed E-state index contributed by atoms with van der Waals surface area (Å²) in [5.74, 6) is -1.29. The normalized spacial score (nSPS) is 24.9. The molecule has 0 aliphatic carbocycles. The Morgan fingerprint density at radius 3 is 2.21 bits per heavy atom. The third-order valence-electron chi connectivity index (χ3n) is 5.27. The predicted octanol–water partition coefficient (Wildman–Crippen LogP) is 1.70. The van der Waals surface area contributed by atoms with E-state index in [4.69, 9.17) is 18.9 Å². The second-order valence-electron chi connectivity index (χ2n) is 7.84. The van der Waals surface area contributed by atoms with Gasteiger partial charge in [-0.3, -0.25) is 4.79 Å². The van der Waals surface area contributed by atoms with E-state index in [0.717, 1.165) is 5.56 Å². The summed E-state index contributed by atoms with van der Waals surface area (Å²) in [6.45, 7) is 4.69. The number of carbonyl (C=O) groups is 2. The molecule has 11 heteroatoms. The highest BCUT2D eigenvalue weighted by Crippen LogP contribution is 2.27. The second-order valence-corrected chi connectivity index (χ2v) is 9.53. The number of nitrogens with one attached hydrogen (secondary N) is 2. The minimum atomic E-state index is -4.00. The molecule has 184 valence electrons. The topological polar surface area (TPSA) is 129 Å². The Morgan fingerprint density at radius 1 is 0.971 bits per heavy atom. The molecule has 0 unspecified atom stereocenters. The van der Waals surface area contributed by atoms with Gasteiger partial charge in [0.1, 0.15) is 12.1 Å². The van der Waals surface area contributed by atoms with Gasteiger partial charge in [0.15, 0.2) is 12.4 Å². The minimum absolute atomic E-state index is 0.0240. The maximum absolute atomic E-state index is 12.8. The van der Waals surface area contributed by atoms with Crippen molar-refractivity contribution in [3.63, 3.8) is 0 Å². The summed E-state index contributed by atoms with van der Waals surface area (Å²) in [5.41, 5.74) is 3.86. The van der Waals surface area contributed by atoms with Crippen LogP contribution in [0, 0.1) is 6.92 Å². The second kappa shape index (κ2) is 11.1. The van der Waals surface area contributed by atoms with Crippen LogP contribution in [0.4, 0.5) is 0 Å². The van der Waals surface area contributed by atoms with Crippen LogP contribution in [0.1, 0.15) is 29.8 Å². The number of aryl methyl sites for hydroxylation is 1. The molecule has 5 atom stereocenters. The first-order valence-electron chi connectivity index (χ1n) is 10.6. The van der Waals surface area contributed by atoms with E-state index in [1.165, 1.54) is 26.2 Å².